The monoisotopic (exact) mass is 193 g/mol. The first-order valence-corrected chi connectivity index (χ1v) is 4.58. The average molecular weight is 193 g/mol. The lowest BCUT2D eigenvalue weighted by Crippen LogP contribution is -2.38. The maximum absolute atomic E-state index is 11.5. The molecule has 0 saturated carbocycles. The maximum Gasteiger partial charge on any atom is 0.243 e. The topological polar surface area (TPSA) is 68.0 Å². The number of carbonyl (C=O) groups excluding carboxylic acids is 1. The number of nitrogens with one attached hydrogen (secondary N) is 1. The Hall–Kier alpha value is -1.42. The molecule has 1 aromatic rings. The summed E-state index contributed by atoms with van der Waals surface area (Å²) in [6, 6.07) is 4.75. The Bertz CT molecular complexity index is 297. The summed E-state index contributed by atoms with van der Waals surface area (Å²) in [6.45, 7) is 3.78. The molecule has 0 aliphatic rings. The lowest BCUT2D eigenvalue weighted by atomic mass is 10.2. The van der Waals surface area contributed by atoms with Crippen LogP contribution < -0.4 is 11.1 Å². The molecule has 1 atom stereocenters. The molecule has 1 unspecified atom stereocenters. The summed E-state index contributed by atoms with van der Waals surface area (Å²) in [5, 5.41) is 2.74. The lowest BCUT2D eigenvalue weighted by molar-refractivity contribution is -0.123. The molecule has 0 aliphatic heterocycles. The summed E-state index contributed by atoms with van der Waals surface area (Å²) >= 11 is 0. The summed E-state index contributed by atoms with van der Waals surface area (Å²) in [4.78, 5) is 15.5. The molecule has 1 rings (SSSR count). The number of hydrogen-bond donors (Lipinski definition) is 2. The highest BCUT2D eigenvalue weighted by Gasteiger charge is 2.16. The molecule has 1 aromatic heterocycles. The van der Waals surface area contributed by atoms with Crippen molar-refractivity contribution in [2.24, 2.45) is 5.73 Å². The normalized spacial score (nSPS) is 12.6. The third kappa shape index (κ3) is 2.81. The molecule has 0 spiro atoms. The van der Waals surface area contributed by atoms with Crippen LogP contribution in [0.15, 0.2) is 24.4 Å². The zero-order chi connectivity index (χ0) is 10.6. The average Bonchev–Trinajstić information content (AvgIpc) is 2.17. The van der Waals surface area contributed by atoms with E-state index in [4.69, 9.17) is 5.73 Å². The van der Waals surface area contributed by atoms with Gasteiger partial charge in [-0.1, -0.05) is 6.07 Å². The molecular formula is C10H15N3O. The fourth-order valence-corrected chi connectivity index (χ4v) is 1.07. The van der Waals surface area contributed by atoms with Crippen LogP contribution in [0, 0.1) is 0 Å². The Balaban J connectivity index is 2.66. The van der Waals surface area contributed by atoms with Gasteiger partial charge in [-0.15, -0.1) is 0 Å². The second-order valence-corrected chi connectivity index (χ2v) is 3.40. The van der Waals surface area contributed by atoms with E-state index >= 15 is 0 Å². The number of carbonyl (C=O) groups is 1. The van der Waals surface area contributed by atoms with E-state index in [0.717, 1.165) is 0 Å². The van der Waals surface area contributed by atoms with E-state index < -0.39 is 6.04 Å². The first kappa shape index (κ1) is 10.7. The van der Waals surface area contributed by atoms with Gasteiger partial charge < -0.3 is 11.1 Å². The van der Waals surface area contributed by atoms with Gasteiger partial charge in [-0.25, -0.2) is 0 Å². The van der Waals surface area contributed by atoms with Gasteiger partial charge in [0.2, 0.25) is 5.91 Å². The summed E-state index contributed by atoms with van der Waals surface area (Å²) in [7, 11) is 0. The van der Waals surface area contributed by atoms with Crippen molar-refractivity contribution in [2.45, 2.75) is 25.9 Å². The summed E-state index contributed by atoms with van der Waals surface area (Å²) in [5.41, 5.74) is 6.30. The number of aromatic nitrogens is 1. The fraction of sp³-hybridized carbons (Fsp3) is 0.400. The molecule has 0 saturated heterocycles. The van der Waals surface area contributed by atoms with Gasteiger partial charge in [0.15, 0.2) is 0 Å². The molecule has 4 heteroatoms. The van der Waals surface area contributed by atoms with Gasteiger partial charge >= 0.3 is 0 Å². The number of amides is 1. The highest BCUT2D eigenvalue weighted by Crippen LogP contribution is 2.05. The SMILES string of the molecule is CC(C)NC(=O)C(N)c1ccccn1. The van der Waals surface area contributed by atoms with Crippen molar-refractivity contribution in [3.63, 3.8) is 0 Å². The van der Waals surface area contributed by atoms with E-state index in [0.29, 0.717) is 5.69 Å². The van der Waals surface area contributed by atoms with Crippen molar-refractivity contribution >= 4 is 5.91 Å². The van der Waals surface area contributed by atoms with E-state index in [2.05, 4.69) is 10.3 Å². The maximum atomic E-state index is 11.5. The number of nitrogens with zero attached hydrogens (tertiary/aromatic N) is 1. The number of nitrogens with two attached hydrogens (primary N) is 1. The van der Waals surface area contributed by atoms with Crippen molar-refractivity contribution in [2.75, 3.05) is 0 Å². The number of pyridine rings is 1. The Morgan fingerprint density at radius 3 is 2.71 bits per heavy atom. The summed E-state index contributed by atoms with van der Waals surface area (Å²) in [5.74, 6) is -0.196. The second-order valence-electron chi connectivity index (χ2n) is 3.40. The molecule has 0 aromatic carbocycles. The van der Waals surface area contributed by atoms with Gasteiger partial charge in [-0.2, -0.15) is 0 Å². The van der Waals surface area contributed by atoms with Crippen molar-refractivity contribution in [3.8, 4) is 0 Å². The van der Waals surface area contributed by atoms with Crippen LogP contribution in [0.1, 0.15) is 25.6 Å². The van der Waals surface area contributed by atoms with E-state index in [1.165, 1.54) is 0 Å². The fourth-order valence-electron chi connectivity index (χ4n) is 1.07. The minimum atomic E-state index is -0.682. The van der Waals surface area contributed by atoms with Gasteiger partial charge in [-0.05, 0) is 26.0 Å². The van der Waals surface area contributed by atoms with Gasteiger partial charge in [0.1, 0.15) is 6.04 Å². The molecule has 0 radical (unpaired) electrons. The molecule has 0 fully saturated rings. The molecule has 4 nitrogen and oxygen atoms in total. The molecule has 1 amide bonds. The summed E-state index contributed by atoms with van der Waals surface area (Å²) in [6.07, 6.45) is 1.62. The van der Waals surface area contributed by atoms with Gasteiger partial charge in [0.05, 0.1) is 5.69 Å². The highest BCUT2D eigenvalue weighted by atomic mass is 16.2. The first-order valence-electron chi connectivity index (χ1n) is 4.58. The summed E-state index contributed by atoms with van der Waals surface area (Å²) < 4.78 is 0. The van der Waals surface area contributed by atoms with Crippen LogP contribution in [0.2, 0.25) is 0 Å². The quantitative estimate of drug-likeness (QED) is 0.739. The van der Waals surface area contributed by atoms with Crippen LogP contribution in [-0.2, 0) is 4.79 Å². The smallest absolute Gasteiger partial charge is 0.243 e. The molecule has 1 heterocycles. The van der Waals surface area contributed by atoms with Gasteiger partial charge in [0.25, 0.3) is 0 Å². The Morgan fingerprint density at radius 1 is 1.50 bits per heavy atom. The Kier molecular flexibility index (Phi) is 3.59. The number of hydrogen-bond acceptors (Lipinski definition) is 3. The largest absolute Gasteiger partial charge is 0.352 e. The lowest BCUT2D eigenvalue weighted by Gasteiger charge is -2.13. The highest BCUT2D eigenvalue weighted by molar-refractivity contribution is 5.82. The predicted octanol–water partition coefficient (Wildman–Crippen LogP) is 0.606. The van der Waals surface area contributed by atoms with Crippen molar-refractivity contribution < 1.29 is 4.79 Å². The van der Waals surface area contributed by atoms with Crippen LogP contribution in [0.25, 0.3) is 0 Å². The predicted molar refractivity (Wildman–Crippen MR) is 54.4 cm³/mol. The van der Waals surface area contributed by atoms with Crippen molar-refractivity contribution in [3.05, 3.63) is 30.1 Å². The van der Waals surface area contributed by atoms with Crippen molar-refractivity contribution in [1.29, 1.82) is 0 Å². The van der Waals surface area contributed by atoms with E-state index in [-0.39, 0.29) is 11.9 Å². The molecule has 76 valence electrons. The zero-order valence-electron chi connectivity index (χ0n) is 8.40. The minimum absolute atomic E-state index is 0.0947. The van der Waals surface area contributed by atoms with E-state index in [9.17, 15) is 4.79 Å². The molecular weight excluding hydrogens is 178 g/mol. The molecule has 3 N–H and O–H groups in total. The standard InChI is InChI=1S/C10H15N3O/c1-7(2)13-10(14)9(11)8-5-3-4-6-12-8/h3-7,9H,11H2,1-2H3,(H,13,14). The Labute approximate surface area is 83.5 Å². The van der Waals surface area contributed by atoms with Crippen LogP contribution in [-0.4, -0.2) is 16.9 Å². The zero-order valence-corrected chi connectivity index (χ0v) is 8.40. The van der Waals surface area contributed by atoms with Crippen LogP contribution >= 0.6 is 0 Å². The van der Waals surface area contributed by atoms with Gasteiger partial charge in [0, 0.05) is 12.2 Å². The van der Waals surface area contributed by atoms with Crippen LogP contribution in [0.5, 0.6) is 0 Å². The van der Waals surface area contributed by atoms with E-state index in [1.807, 2.05) is 19.9 Å². The Morgan fingerprint density at radius 2 is 2.21 bits per heavy atom. The molecule has 0 bridgehead atoms. The first-order chi connectivity index (χ1) is 6.61. The number of rotatable bonds is 3. The van der Waals surface area contributed by atoms with E-state index in [1.54, 1.807) is 18.3 Å². The van der Waals surface area contributed by atoms with Crippen molar-refractivity contribution in [1.82, 2.24) is 10.3 Å². The van der Waals surface area contributed by atoms with Crippen LogP contribution in [0.3, 0.4) is 0 Å². The third-order valence-corrected chi connectivity index (χ3v) is 1.72. The molecule has 0 aliphatic carbocycles. The second kappa shape index (κ2) is 4.72. The third-order valence-electron chi connectivity index (χ3n) is 1.72. The molecule has 14 heavy (non-hydrogen) atoms. The van der Waals surface area contributed by atoms with Crippen LogP contribution in [0.4, 0.5) is 0 Å². The minimum Gasteiger partial charge on any atom is -0.352 e. The van der Waals surface area contributed by atoms with Gasteiger partial charge in [-0.3, -0.25) is 9.78 Å².